The molecule has 4 aromatic rings. The van der Waals surface area contributed by atoms with Gasteiger partial charge in [-0.3, -0.25) is 4.79 Å². The molecule has 7 nitrogen and oxygen atoms in total. The maximum absolute atomic E-state index is 13.0. The monoisotopic (exact) mass is 476 g/mol. The molecule has 2 atom stereocenters. The Morgan fingerprint density at radius 1 is 0.971 bits per heavy atom. The molecule has 0 aliphatic rings. The van der Waals surface area contributed by atoms with E-state index in [2.05, 4.69) is 22.1 Å². The largest absolute Gasteiger partial charge is 0.392 e. The molecule has 2 aromatic carbocycles. The molecule has 2 N–H and O–H groups in total. The van der Waals surface area contributed by atoms with Gasteiger partial charge in [-0.2, -0.15) is 0 Å². The standard InChI is InChI=1S/C26H28N4O3S/c1-17(31)14-30(15-18(2)32)26(33)21-5-3-4-19(10-21)13-25-27-9-8-22(29-25)11-20-6-7-23-24(12-20)34-16-28-23/h3-10,12,16-18,31-32H,11,13-15H2,1-2H3/t17-,18-/m0/s1. The first-order chi connectivity index (χ1) is 16.4. The third kappa shape index (κ3) is 6.22. The van der Waals surface area contributed by atoms with Gasteiger partial charge in [0.2, 0.25) is 0 Å². The Morgan fingerprint density at radius 2 is 1.74 bits per heavy atom. The fraction of sp³-hybridized carbons (Fsp3) is 0.308. The Kier molecular flexibility index (Phi) is 7.62. The number of carbonyl (C=O) groups is 1. The lowest BCUT2D eigenvalue weighted by Gasteiger charge is -2.25. The van der Waals surface area contributed by atoms with Gasteiger partial charge in [0.05, 0.1) is 27.9 Å². The van der Waals surface area contributed by atoms with E-state index >= 15 is 0 Å². The molecule has 8 heteroatoms. The summed E-state index contributed by atoms with van der Waals surface area (Å²) in [5.41, 5.74) is 6.39. The van der Waals surface area contributed by atoms with Crippen molar-refractivity contribution in [3.05, 3.63) is 88.4 Å². The first kappa shape index (κ1) is 23.9. The Bertz CT molecular complexity index is 1260. The number of amides is 1. The highest BCUT2D eigenvalue weighted by molar-refractivity contribution is 7.16. The molecule has 0 saturated carbocycles. The van der Waals surface area contributed by atoms with Gasteiger partial charge in [0.25, 0.3) is 5.91 Å². The number of aliphatic hydroxyl groups is 2. The summed E-state index contributed by atoms with van der Waals surface area (Å²) < 4.78 is 1.16. The molecule has 0 fully saturated rings. The zero-order valence-electron chi connectivity index (χ0n) is 19.3. The summed E-state index contributed by atoms with van der Waals surface area (Å²) >= 11 is 1.63. The van der Waals surface area contributed by atoms with Crippen molar-refractivity contribution in [2.75, 3.05) is 13.1 Å². The van der Waals surface area contributed by atoms with Gasteiger partial charge >= 0.3 is 0 Å². The lowest BCUT2D eigenvalue weighted by atomic mass is 10.1. The van der Waals surface area contributed by atoms with Crippen LogP contribution in [0.3, 0.4) is 0 Å². The number of aliphatic hydroxyl groups excluding tert-OH is 2. The van der Waals surface area contributed by atoms with E-state index in [0.717, 1.165) is 21.5 Å². The molecule has 0 bridgehead atoms. The van der Waals surface area contributed by atoms with Crippen molar-refractivity contribution < 1.29 is 15.0 Å². The van der Waals surface area contributed by atoms with Crippen LogP contribution in [-0.4, -0.2) is 61.3 Å². The molecular weight excluding hydrogens is 448 g/mol. The van der Waals surface area contributed by atoms with E-state index in [0.29, 0.717) is 24.2 Å². The van der Waals surface area contributed by atoms with E-state index in [4.69, 9.17) is 4.98 Å². The van der Waals surface area contributed by atoms with Crippen LogP contribution in [0, 0.1) is 0 Å². The third-order valence-corrected chi connectivity index (χ3v) is 6.13. The van der Waals surface area contributed by atoms with Crippen molar-refractivity contribution >= 4 is 27.5 Å². The number of hydrogen-bond donors (Lipinski definition) is 2. The normalized spacial score (nSPS) is 13.1. The molecule has 34 heavy (non-hydrogen) atoms. The molecule has 176 valence electrons. The molecular formula is C26H28N4O3S. The number of hydrogen-bond acceptors (Lipinski definition) is 7. The molecule has 4 rings (SSSR count). The predicted octanol–water partition coefficient (Wildman–Crippen LogP) is 3.47. The predicted molar refractivity (Wildman–Crippen MR) is 133 cm³/mol. The van der Waals surface area contributed by atoms with E-state index in [1.165, 1.54) is 10.5 Å². The number of benzene rings is 2. The second-order valence-corrected chi connectivity index (χ2v) is 9.47. The van der Waals surface area contributed by atoms with Gasteiger partial charge in [0, 0.05) is 43.4 Å². The van der Waals surface area contributed by atoms with E-state index in [-0.39, 0.29) is 19.0 Å². The number of thiazole rings is 1. The van der Waals surface area contributed by atoms with E-state index < -0.39 is 12.2 Å². The van der Waals surface area contributed by atoms with E-state index in [9.17, 15) is 15.0 Å². The highest BCUT2D eigenvalue weighted by atomic mass is 32.1. The van der Waals surface area contributed by atoms with Crippen LogP contribution in [0.25, 0.3) is 10.2 Å². The van der Waals surface area contributed by atoms with Gasteiger partial charge in [0.15, 0.2) is 0 Å². The second kappa shape index (κ2) is 10.8. The zero-order valence-corrected chi connectivity index (χ0v) is 20.1. The summed E-state index contributed by atoms with van der Waals surface area (Å²) in [6, 6.07) is 15.5. The minimum absolute atomic E-state index is 0.159. The lowest BCUT2D eigenvalue weighted by molar-refractivity contribution is 0.0518. The topological polar surface area (TPSA) is 99.4 Å². The van der Waals surface area contributed by atoms with Gasteiger partial charge in [-0.05, 0) is 55.3 Å². The fourth-order valence-corrected chi connectivity index (χ4v) is 4.64. The second-order valence-electron chi connectivity index (χ2n) is 8.58. The lowest BCUT2D eigenvalue weighted by Crippen LogP contribution is -2.40. The third-order valence-electron chi connectivity index (χ3n) is 5.34. The summed E-state index contributed by atoms with van der Waals surface area (Å²) in [7, 11) is 0. The average Bonchev–Trinajstić information content (AvgIpc) is 3.26. The zero-order chi connectivity index (χ0) is 24.1. The van der Waals surface area contributed by atoms with Crippen molar-refractivity contribution in [1.82, 2.24) is 19.9 Å². The number of nitrogens with zero attached hydrogens (tertiary/aromatic N) is 4. The SMILES string of the molecule is C[C@H](O)CN(C[C@H](C)O)C(=O)c1cccc(Cc2nccc(Cc3ccc4ncsc4c3)n2)c1. The number of fused-ring (bicyclic) bond motifs is 1. The minimum Gasteiger partial charge on any atom is -0.392 e. The quantitative estimate of drug-likeness (QED) is 0.384. The number of rotatable bonds is 9. The van der Waals surface area contributed by atoms with Crippen LogP contribution in [0.15, 0.2) is 60.2 Å². The van der Waals surface area contributed by atoms with Crippen LogP contribution >= 0.6 is 11.3 Å². The van der Waals surface area contributed by atoms with Crippen LogP contribution in [0.4, 0.5) is 0 Å². The van der Waals surface area contributed by atoms with Gasteiger partial charge in [-0.25, -0.2) is 15.0 Å². The van der Waals surface area contributed by atoms with E-state index in [1.807, 2.05) is 35.8 Å². The van der Waals surface area contributed by atoms with Crippen molar-refractivity contribution in [3.8, 4) is 0 Å². The molecule has 2 heterocycles. The van der Waals surface area contributed by atoms with Crippen LogP contribution in [-0.2, 0) is 12.8 Å². The maximum Gasteiger partial charge on any atom is 0.254 e. The van der Waals surface area contributed by atoms with Crippen LogP contribution in [0.1, 0.15) is 46.9 Å². The Morgan fingerprint density at radius 3 is 2.50 bits per heavy atom. The van der Waals surface area contributed by atoms with Gasteiger partial charge in [-0.15, -0.1) is 11.3 Å². The summed E-state index contributed by atoms with van der Waals surface area (Å²) in [6.07, 6.45) is 1.61. The summed E-state index contributed by atoms with van der Waals surface area (Å²) in [6.45, 7) is 3.57. The van der Waals surface area contributed by atoms with Gasteiger partial charge in [-0.1, -0.05) is 18.2 Å². The number of aromatic nitrogens is 3. The molecule has 0 spiro atoms. The highest BCUT2D eigenvalue weighted by Gasteiger charge is 2.19. The molecule has 0 saturated heterocycles. The van der Waals surface area contributed by atoms with Crippen LogP contribution in [0.2, 0.25) is 0 Å². The molecule has 0 aliphatic heterocycles. The average molecular weight is 477 g/mol. The van der Waals surface area contributed by atoms with Crippen LogP contribution in [0.5, 0.6) is 0 Å². The van der Waals surface area contributed by atoms with Crippen molar-refractivity contribution in [1.29, 1.82) is 0 Å². The Hall–Kier alpha value is -3.20. The van der Waals surface area contributed by atoms with Crippen molar-refractivity contribution in [2.24, 2.45) is 0 Å². The first-order valence-corrected chi connectivity index (χ1v) is 12.1. The Labute approximate surface area is 202 Å². The van der Waals surface area contributed by atoms with Crippen molar-refractivity contribution in [3.63, 3.8) is 0 Å². The summed E-state index contributed by atoms with van der Waals surface area (Å²) in [5, 5.41) is 19.5. The summed E-state index contributed by atoms with van der Waals surface area (Å²) in [4.78, 5) is 28.0. The highest BCUT2D eigenvalue weighted by Crippen LogP contribution is 2.20. The molecule has 0 radical (unpaired) electrons. The van der Waals surface area contributed by atoms with E-state index in [1.54, 1.807) is 37.4 Å². The minimum atomic E-state index is -0.682. The maximum atomic E-state index is 13.0. The van der Waals surface area contributed by atoms with Gasteiger partial charge in [0.1, 0.15) is 5.82 Å². The fourth-order valence-electron chi connectivity index (χ4n) is 3.90. The molecule has 2 aromatic heterocycles. The molecule has 0 unspecified atom stereocenters. The molecule has 0 aliphatic carbocycles. The van der Waals surface area contributed by atoms with Crippen LogP contribution < -0.4 is 0 Å². The smallest absolute Gasteiger partial charge is 0.254 e. The van der Waals surface area contributed by atoms with Crippen molar-refractivity contribution in [2.45, 2.75) is 38.9 Å². The first-order valence-electron chi connectivity index (χ1n) is 11.2. The molecule has 1 amide bonds. The Balaban J connectivity index is 1.48. The van der Waals surface area contributed by atoms with Gasteiger partial charge < -0.3 is 15.1 Å². The number of carbonyl (C=O) groups excluding carboxylic acids is 1. The summed E-state index contributed by atoms with van der Waals surface area (Å²) in [5.74, 6) is 0.461.